The predicted octanol–water partition coefficient (Wildman–Crippen LogP) is 3.47. The van der Waals surface area contributed by atoms with Crippen LogP contribution in [0.5, 0.6) is 5.75 Å². The zero-order valence-corrected chi connectivity index (χ0v) is 15.0. The second-order valence-electron chi connectivity index (χ2n) is 5.43. The Bertz CT molecular complexity index is 561. The lowest BCUT2D eigenvalue weighted by atomic mass is 9.95. The Morgan fingerprint density at radius 1 is 1.22 bits per heavy atom. The fourth-order valence-corrected chi connectivity index (χ4v) is 3.16. The molecule has 1 aliphatic carbocycles. The molecule has 5 nitrogen and oxygen atoms in total. The number of amides is 1. The molecule has 126 valence electrons. The van der Waals surface area contributed by atoms with Crippen LogP contribution in [0.25, 0.3) is 0 Å². The van der Waals surface area contributed by atoms with E-state index in [1.54, 1.807) is 18.2 Å². The minimum Gasteiger partial charge on any atom is -0.480 e. The van der Waals surface area contributed by atoms with Gasteiger partial charge in [0.1, 0.15) is 5.75 Å². The number of benzene rings is 1. The topological polar surface area (TPSA) is 64.6 Å². The second kappa shape index (κ2) is 9.13. The Morgan fingerprint density at radius 3 is 2.65 bits per heavy atom. The summed E-state index contributed by atoms with van der Waals surface area (Å²) in [6.07, 6.45) is 5.46. The van der Waals surface area contributed by atoms with Crippen molar-refractivity contribution in [2.24, 2.45) is 0 Å². The number of carbonyl (C=O) groups excluding carboxylic acids is 2. The number of carbonyl (C=O) groups is 2. The van der Waals surface area contributed by atoms with E-state index >= 15 is 0 Å². The molecule has 1 fully saturated rings. The van der Waals surface area contributed by atoms with E-state index in [1.807, 2.05) is 0 Å². The van der Waals surface area contributed by atoms with E-state index < -0.39 is 5.97 Å². The monoisotopic (exact) mass is 403 g/mol. The van der Waals surface area contributed by atoms with Crippen molar-refractivity contribution in [3.8, 4) is 5.75 Å². The highest BCUT2D eigenvalue weighted by Gasteiger charge is 2.16. The van der Waals surface area contributed by atoms with Gasteiger partial charge in [0.25, 0.3) is 5.91 Å². The summed E-state index contributed by atoms with van der Waals surface area (Å²) in [6.45, 7) is -0.579. The molecule has 0 unspecified atom stereocenters. The molecule has 1 N–H and O–H groups in total. The van der Waals surface area contributed by atoms with Gasteiger partial charge in [-0.15, -0.1) is 0 Å². The van der Waals surface area contributed by atoms with Crippen LogP contribution in [0.1, 0.15) is 32.1 Å². The lowest BCUT2D eigenvalue weighted by Gasteiger charge is -2.22. The molecule has 0 aliphatic heterocycles. The summed E-state index contributed by atoms with van der Waals surface area (Å²) in [5, 5.41) is 3.27. The third kappa shape index (κ3) is 6.39. The molecule has 0 aromatic heterocycles. The Kier molecular flexibility index (Phi) is 7.17. The third-order valence-electron chi connectivity index (χ3n) is 3.57. The van der Waals surface area contributed by atoms with Gasteiger partial charge in [0.15, 0.2) is 13.2 Å². The van der Waals surface area contributed by atoms with E-state index in [9.17, 15) is 9.59 Å². The van der Waals surface area contributed by atoms with Crippen molar-refractivity contribution >= 4 is 39.4 Å². The third-order valence-corrected chi connectivity index (χ3v) is 4.36. The molecule has 0 bridgehead atoms. The maximum Gasteiger partial charge on any atom is 0.344 e. The maximum atomic E-state index is 11.7. The minimum absolute atomic E-state index is 0.202. The molecule has 1 amide bonds. The van der Waals surface area contributed by atoms with Crippen LogP contribution in [0.2, 0.25) is 5.02 Å². The fourth-order valence-electron chi connectivity index (χ4n) is 2.43. The standard InChI is InChI=1S/C16H19BrClNO4/c17-11-6-7-14(13(18)8-11)22-10-16(21)23-9-15(20)19-12-4-2-1-3-5-12/h6-8,12H,1-5,9-10H2,(H,19,20). The molecule has 0 saturated heterocycles. The molecule has 23 heavy (non-hydrogen) atoms. The van der Waals surface area contributed by atoms with E-state index in [2.05, 4.69) is 21.2 Å². The molecule has 2 rings (SSSR count). The van der Waals surface area contributed by atoms with Gasteiger partial charge in [0.2, 0.25) is 0 Å². The number of halogens is 2. The zero-order chi connectivity index (χ0) is 16.7. The number of ether oxygens (including phenoxy) is 2. The summed E-state index contributed by atoms with van der Waals surface area (Å²) in [7, 11) is 0. The number of nitrogens with one attached hydrogen (secondary N) is 1. The maximum absolute atomic E-state index is 11.7. The summed E-state index contributed by atoms with van der Waals surface area (Å²) < 4.78 is 11.0. The lowest BCUT2D eigenvalue weighted by molar-refractivity contribution is -0.150. The Balaban J connectivity index is 1.67. The summed E-state index contributed by atoms with van der Waals surface area (Å²) in [4.78, 5) is 23.3. The van der Waals surface area contributed by atoms with Gasteiger partial charge in [-0.3, -0.25) is 4.79 Å². The van der Waals surface area contributed by atoms with Gasteiger partial charge in [-0.25, -0.2) is 4.79 Å². The van der Waals surface area contributed by atoms with Gasteiger partial charge >= 0.3 is 5.97 Å². The summed E-state index contributed by atoms with van der Waals surface area (Å²) in [6, 6.07) is 5.27. The molecule has 1 aliphatic rings. The van der Waals surface area contributed by atoms with E-state index in [4.69, 9.17) is 21.1 Å². The molecule has 7 heteroatoms. The zero-order valence-electron chi connectivity index (χ0n) is 12.6. The highest BCUT2D eigenvalue weighted by molar-refractivity contribution is 9.10. The van der Waals surface area contributed by atoms with Crippen molar-refractivity contribution < 1.29 is 19.1 Å². The summed E-state index contributed by atoms with van der Waals surface area (Å²) in [5.41, 5.74) is 0. The molecular weight excluding hydrogens is 386 g/mol. The molecule has 1 aromatic carbocycles. The Morgan fingerprint density at radius 2 is 1.96 bits per heavy atom. The van der Waals surface area contributed by atoms with Crippen LogP contribution < -0.4 is 10.1 Å². The first-order chi connectivity index (χ1) is 11.0. The van der Waals surface area contributed by atoms with E-state index in [1.165, 1.54) is 6.42 Å². The van der Waals surface area contributed by atoms with Crippen LogP contribution in [-0.4, -0.2) is 31.1 Å². The Labute approximate surface area is 148 Å². The molecular formula is C16H19BrClNO4. The first-order valence-corrected chi connectivity index (χ1v) is 8.74. The van der Waals surface area contributed by atoms with Crippen molar-refractivity contribution in [1.82, 2.24) is 5.32 Å². The van der Waals surface area contributed by atoms with Gasteiger partial charge < -0.3 is 14.8 Å². The number of esters is 1. The van der Waals surface area contributed by atoms with Crippen molar-refractivity contribution in [3.05, 3.63) is 27.7 Å². The minimum atomic E-state index is -0.609. The van der Waals surface area contributed by atoms with E-state index in [0.29, 0.717) is 10.8 Å². The number of hydrogen-bond acceptors (Lipinski definition) is 4. The normalized spacial score (nSPS) is 15.0. The van der Waals surface area contributed by atoms with E-state index in [-0.39, 0.29) is 25.2 Å². The Hall–Kier alpha value is -1.27. The van der Waals surface area contributed by atoms with Crippen LogP contribution in [-0.2, 0) is 14.3 Å². The van der Waals surface area contributed by atoms with Gasteiger partial charge in [-0.1, -0.05) is 46.8 Å². The smallest absolute Gasteiger partial charge is 0.344 e. The number of rotatable bonds is 6. The van der Waals surface area contributed by atoms with Crippen LogP contribution in [0.4, 0.5) is 0 Å². The molecule has 0 spiro atoms. The lowest BCUT2D eigenvalue weighted by Crippen LogP contribution is -2.39. The van der Waals surface area contributed by atoms with Crippen LogP contribution in [0, 0.1) is 0 Å². The molecule has 1 aromatic rings. The van der Waals surface area contributed by atoms with Gasteiger partial charge in [0, 0.05) is 10.5 Å². The molecule has 0 heterocycles. The molecule has 0 atom stereocenters. The van der Waals surface area contributed by atoms with E-state index in [0.717, 1.165) is 30.2 Å². The fraction of sp³-hybridized carbons (Fsp3) is 0.500. The average molecular weight is 405 g/mol. The highest BCUT2D eigenvalue weighted by Crippen LogP contribution is 2.27. The van der Waals surface area contributed by atoms with Gasteiger partial charge in [-0.2, -0.15) is 0 Å². The second-order valence-corrected chi connectivity index (χ2v) is 6.75. The van der Waals surface area contributed by atoms with Crippen LogP contribution in [0.3, 0.4) is 0 Å². The van der Waals surface area contributed by atoms with Crippen molar-refractivity contribution in [1.29, 1.82) is 0 Å². The number of hydrogen-bond donors (Lipinski definition) is 1. The summed E-state index contributed by atoms with van der Waals surface area (Å²) in [5.74, 6) is -0.492. The van der Waals surface area contributed by atoms with Crippen molar-refractivity contribution in [2.45, 2.75) is 38.1 Å². The largest absolute Gasteiger partial charge is 0.480 e. The predicted molar refractivity (Wildman–Crippen MR) is 90.6 cm³/mol. The molecule has 1 saturated carbocycles. The van der Waals surface area contributed by atoms with Crippen molar-refractivity contribution in [3.63, 3.8) is 0 Å². The van der Waals surface area contributed by atoms with Crippen LogP contribution in [0.15, 0.2) is 22.7 Å². The average Bonchev–Trinajstić information content (AvgIpc) is 2.53. The van der Waals surface area contributed by atoms with Crippen LogP contribution >= 0.6 is 27.5 Å². The SMILES string of the molecule is O=C(COC(=O)COc1ccc(Br)cc1Cl)NC1CCCCC1. The first kappa shape index (κ1) is 18.1. The van der Waals surface area contributed by atoms with Gasteiger partial charge in [-0.05, 0) is 31.0 Å². The van der Waals surface area contributed by atoms with Crippen molar-refractivity contribution in [2.75, 3.05) is 13.2 Å². The molecule has 0 radical (unpaired) electrons. The summed E-state index contributed by atoms with van der Waals surface area (Å²) >= 11 is 9.26. The van der Waals surface area contributed by atoms with Gasteiger partial charge in [0.05, 0.1) is 5.02 Å². The quantitative estimate of drug-likeness (QED) is 0.737. The first-order valence-electron chi connectivity index (χ1n) is 7.57. The highest BCUT2D eigenvalue weighted by atomic mass is 79.9.